The second kappa shape index (κ2) is 5.98. The molecule has 0 fully saturated rings. The van der Waals surface area contributed by atoms with E-state index in [2.05, 4.69) is 0 Å². The number of carbonyl (C=O) groups excluding carboxylic acids is 2. The quantitative estimate of drug-likeness (QED) is 0.621. The van der Waals surface area contributed by atoms with Crippen molar-refractivity contribution in [2.24, 2.45) is 0 Å². The Morgan fingerprint density at radius 1 is 1.26 bits per heavy atom. The van der Waals surface area contributed by atoms with Crippen LogP contribution in [0.5, 0.6) is 0 Å². The van der Waals surface area contributed by atoms with E-state index < -0.39 is 10.7 Å². The van der Waals surface area contributed by atoms with E-state index in [4.69, 9.17) is 16.3 Å². The molecule has 3 nitrogen and oxygen atoms in total. The largest absolute Gasteiger partial charge is 0.468 e. The lowest BCUT2D eigenvalue weighted by Gasteiger charge is -2.23. The van der Waals surface area contributed by atoms with Crippen molar-refractivity contribution in [3.63, 3.8) is 0 Å². The lowest BCUT2D eigenvalue weighted by molar-refractivity contribution is -0.141. The third kappa shape index (κ3) is 2.75. The van der Waals surface area contributed by atoms with Gasteiger partial charge in [0, 0.05) is 21.9 Å². The molecular weight excluding hydrogens is 339 g/mol. The van der Waals surface area contributed by atoms with Crippen LogP contribution in [0.25, 0.3) is 0 Å². The summed E-state index contributed by atoms with van der Waals surface area (Å²) in [4.78, 5) is 25.9. The van der Waals surface area contributed by atoms with E-state index in [1.807, 2.05) is 0 Å². The molecule has 0 heterocycles. The molecule has 118 valence electrons. The third-order valence-electron chi connectivity index (χ3n) is 3.74. The molecule has 0 N–H and O–H groups in total. The number of hydrogen-bond donors (Lipinski definition) is 0. The molecule has 0 saturated carbocycles. The highest BCUT2D eigenvalue weighted by Gasteiger charge is 2.53. The maximum Gasteiger partial charge on any atom is 0.330 e. The van der Waals surface area contributed by atoms with Crippen molar-refractivity contribution in [3.05, 3.63) is 64.4 Å². The minimum absolute atomic E-state index is 0.191. The molecule has 0 aliphatic heterocycles. The molecular formula is C17H12ClFO3S. The molecule has 0 saturated heterocycles. The molecule has 1 atom stereocenters. The molecule has 2 aromatic rings. The Balaban J connectivity index is 2.04. The molecule has 1 aliphatic carbocycles. The van der Waals surface area contributed by atoms with E-state index in [9.17, 15) is 14.0 Å². The van der Waals surface area contributed by atoms with E-state index in [0.717, 1.165) is 11.8 Å². The molecule has 23 heavy (non-hydrogen) atoms. The fourth-order valence-corrected chi connectivity index (χ4v) is 4.12. The van der Waals surface area contributed by atoms with E-state index in [1.54, 1.807) is 18.2 Å². The molecule has 6 heteroatoms. The summed E-state index contributed by atoms with van der Waals surface area (Å²) < 4.78 is 16.5. The van der Waals surface area contributed by atoms with Gasteiger partial charge in [0.2, 0.25) is 0 Å². The predicted molar refractivity (Wildman–Crippen MR) is 86.5 cm³/mol. The molecule has 3 rings (SSSR count). The monoisotopic (exact) mass is 350 g/mol. The molecule has 0 aromatic heterocycles. The van der Waals surface area contributed by atoms with Gasteiger partial charge >= 0.3 is 5.97 Å². The van der Waals surface area contributed by atoms with Gasteiger partial charge in [0.25, 0.3) is 0 Å². The minimum Gasteiger partial charge on any atom is -0.468 e. The molecule has 1 aliphatic rings. The summed E-state index contributed by atoms with van der Waals surface area (Å²) in [6.07, 6.45) is 0.191. The van der Waals surface area contributed by atoms with Crippen molar-refractivity contribution < 1.29 is 18.7 Å². The summed E-state index contributed by atoms with van der Waals surface area (Å²) in [5, 5.41) is 0.504. The fraction of sp³-hybridized carbons (Fsp3) is 0.176. The lowest BCUT2D eigenvalue weighted by atomic mass is 10.0. The van der Waals surface area contributed by atoms with Gasteiger partial charge < -0.3 is 4.74 Å². The Morgan fingerprint density at radius 3 is 2.61 bits per heavy atom. The molecule has 2 aromatic carbocycles. The van der Waals surface area contributed by atoms with Crippen LogP contribution in [0.1, 0.15) is 15.9 Å². The maximum atomic E-state index is 13.1. The number of ether oxygens (including phenoxy) is 1. The number of ketones is 1. The van der Waals surface area contributed by atoms with Crippen molar-refractivity contribution >= 4 is 35.1 Å². The molecule has 0 bridgehead atoms. The molecule has 0 spiro atoms. The maximum absolute atomic E-state index is 13.1. The number of benzene rings is 2. The van der Waals surface area contributed by atoms with Crippen LogP contribution in [-0.4, -0.2) is 23.6 Å². The van der Waals surface area contributed by atoms with Crippen LogP contribution < -0.4 is 0 Å². The first-order valence-electron chi connectivity index (χ1n) is 6.82. The number of carbonyl (C=O) groups is 2. The summed E-state index contributed by atoms with van der Waals surface area (Å²) in [6.45, 7) is 0. The highest BCUT2D eigenvalue weighted by molar-refractivity contribution is 8.02. The number of Topliss-reactive ketones (excluding diaryl/α,β-unsaturated/α-hetero) is 1. The number of halogens is 2. The first kappa shape index (κ1) is 16.0. The van der Waals surface area contributed by atoms with Crippen LogP contribution in [0.2, 0.25) is 5.02 Å². The average Bonchev–Trinajstić information content (AvgIpc) is 2.81. The first-order chi connectivity index (χ1) is 11.0. The first-order valence-corrected chi connectivity index (χ1v) is 8.02. The summed E-state index contributed by atoms with van der Waals surface area (Å²) in [6, 6.07) is 10.6. The van der Waals surface area contributed by atoms with Gasteiger partial charge in [0.1, 0.15) is 5.82 Å². The van der Waals surface area contributed by atoms with Crippen LogP contribution in [-0.2, 0) is 16.0 Å². The van der Waals surface area contributed by atoms with Crippen LogP contribution in [0.4, 0.5) is 4.39 Å². The van der Waals surface area contributed by atoms with E-state index in [0.29, 0.717) is 21.0 Å². The van der Waals surface area contributed by atoms with E-state index in [1.165, 1.54) is 31.4 Å². The van der Waals surface area contributed by atoms with Gasteiger partial charge in [-0.25, -0.2) is 4.39 Å². The predicted octanol–water partition coefficient (Wildman–Crippen LogP) is 3.92. The number of methoxy groups -OCH3 is 1. The van der Waals surface area contributed by atoms with Gasteiger partial charge in [-0.05, 0) is 48.0 Å². The van der Waals surface area contributed by atoms with Crippen LogP contribution >= 0.6 is 23.4 Å². The zero-order chi connectivity index (χ0) is 16.6. The van der Waals surface area contributed by atoms with Crippen LogP contribution in [0.3, 0.4) is 0 Å². The van der Waals surface area contributed by atoms with Gasteiger partial charge in [-0.15, -0.1) is 0 Å². The van der Waals surface area contributed by atoms with Crippen LogP contribution in [0.15, 0.2) is 47.4 Å². The Bertz CT molecular complexity index is 791. The summed E-state index contributed by atoms with van der Waals surface area (Å²) in [7, 11) is 1.25. The highest BCUT2D eigenvalue weighted by atomic mass is 35.5. The second-order valence-corrected chi connectivity index (χ2v) is 6.99. The number of thioether (sulfide) groups is 1. The topological polar surface area (TPSA) is 43.4 Å². The minimum atomic E-state index is -1.40. The highest BCUT2D eigenvalue weighted by Crippen LogP contribution is 2.45. The average molecular weight is 351 g/mol. The zero-order valence-electron chi connectivity index (χ0n) is 12.1. The normalized spacial score (nSPS) is 19.5. The van der Waals surface area contributed by atoms with Crippen molar-refractivity contribution in [2.75, 3.05) is 7.11 Å². The smallest absolute Gasteiger partial charge is 0.330 e. The lowest BCUT2D eigenvalue weighted by Crippen LogP contribution is -2.42. The summed E-state index contributed by atoms with van der Waals surface area (Å²) in [5.74, 6) is -1.32. The Labute approximate surface area is 141 Å². The number of fused-ring (bicyclic) bond motifs is 1. The Hall–Kier alpha value is -1.85. The van der Waals surface area contributed by atoms with Gasteiger partial charge in [-0.2, -0.15) is 0 Å². The van der Waals surface area contributed by atoms with E-state index >= 15 is 0 Å². The van der Waals surface area contributed by atoms with Crippen molar-refractivity contribution in [2.45, 2.75) is 16.1 Å². The third-order valence-corrected chi connectivity index (χ3v) is 5.33. The SMILES string of the molecule is COC(=O)[C@]1(Sc2ccc(F)cc2)Cc2cc(Cl)ccc2C1=O. The second-order valence-electron chi connectivity index (χ2n) is 5.18. The van der Waals surface area contributed by atoms with E-state index in [-0.39, 0.29) is 18.0 Å². The van der Waals surface area contributed by atoms with Gasteiger partial charge in [-0.3, -0.25) is 9.59 Å². The summed E-state index contributed by atoms with van der Waals surface area (Å²) in [5.41, 5.74) is 1.18. The number of hydrogen-bond acceptors (Lipinski definition) is 4. The van der Waals surface area contributed by atoms with Crippen molar-refractivity contribution in [1.29, 1.82) is 0 Å². The molecule has 0 amide bonds. The summed E-state index contributed by atoms with van der Waals surface area (Å²) >= 11 is 7.06. The van der Waals surface area contributed by atoms with Gasteiger partial charge in [0.05, 0.1) is 7.11 Å². The fourth-order valence-electron chi connectivity index (χ4n) is 2.65. The molecule has 0 radical (unpaired) electrons. The number of rotatable bonds is 3. The van der Waals surface area contributed by atoms with Gasteiger partial charge in [0.15, 0.2) is 10.5 Å². The molecule has 0 unspecified atom stereocenters. The van der Waals surface area contributed by atoms with Crippen molar-refractivity contribution in [3.8, 4) is 0 Å². The standard InChI is InChI=1S/C17H12ClFO3S/c1-22-16(21)17(23-13-5-3-12(19)4-6-13)9-10-8-11(18)2-7-14(10)15(17)20/h2-8H,9H2,1H3/t17-/m0/s1. The Kier molecular flexibility index (Phi) is 4.17. The van der Waals surface area contributed by atoms with Crippen LogP contribution in [0, 0.1) is 5.82 Å². The van der Waals surface area contributed by atoms with Gasteiger partial charge in [-0.1, -0.05) is 23.4 Å². The number of esters is 1. The van der Waals surface area contributed by atoms with Crippen molar-refractivity contribution in [1.82, 2.24) is 0 Å². The zero-order valence-corrected chi connectivity index (χ0v) is 13.7. The Morgan fingerprint density at radius 2 is 1.96 bits per heavy atom.